The zero-order valence-electron chi connectivity index (χ0n) is 19.1. The highest BCUT2D eigenvalue weighted by atomic mass is 32.2. The van der Waals surface area contributed by atoms with Crippen LogP contribution in [0.15, 0.2) is 27.7 Å². The van der Waals surface area contributed by atoms with Gasteiger partial charge in [0.1, 0.15) is 11.6 Å². The molecule has 0 saturated carbocycles. The number of carbonyl (C=O) groups is 1. The summed E-state index contributed by atoms with van der Waals surface area (Å²) in [6.45, 7) is 15.1. The van der Waals surface area contributed by atoms with E-state index in [4.69, 9.17) is 9.26 Å². The quantitative estimate of drug-likeness (QED) is 0.552. The topological polar surface area (TPSA) is 93.8 Å². The number of aromatic hydroxyl groups is 1. The van der Waals surface area contributed by atoms with Gasteiger partial charge in [0.25, 0.3) is 6.20 Å². The van der Waals surface area contributed by atoms with E-state index in [1.165, 1.54) is 11.8 Å². The number of hydrogen-bond acceptors (Lipinski definition) is 7. The van der Waals surface area contributed by atoms with Gasteiger partial charge < -0.3 is 24.5 Å². The maximum absolute atomic E-state index is 12.4. The fraction of sp³-hybridized carbons (Fsp3) is 0.591. The molecule has 1 saturated heterocycles. The Kier molecular flexibility index (Phi) is 6.85. The SMILES string of the molecule is CC(C)(C)c1cc(SCC(=O)[N-]c2c[n+](N3CCOCC3)no2)cc(C(C)(C)C)c1O. The van der Waals surface area contributed by atoms with Crippen LogP contribution in [0.4, 0.5) is 5.88 Å². The molecule has 0 aliphatic carbocycles. The Bertz CT molecular complexity index is 889. The van der Waals surface area contributed by atoms with Crippen molar-refractivity contribution in [2.75, 3.05) is 37.1 Å². The van der Waals surface area contributed by atoms with Crippen LogP contribution in [0.3, 0.4) is 0 Å². The van der Waals surface area contributed by atoms with E-state index in [1.807, 2.05) is 17.1 Å². The lowest BCUT2D eigenvalue weighted by Crippen LogP contribution is -2.62. The number of hydrogen-bond donors (Lipinski definition) is 1. The largest absolute Gasteiger partial charge is 0.588 e. The molecule has 1 aromatic carbocycles. The monoisotopic (exact) mass is 448 g/mol. The molecule has 3 rings (SSSR count). The van der Waals surface area contributed by atoms with Crippen LogP contribution < -0.4 is 9.80 Å². The first-order valence-corrected chi connectivity index (χ1v) is 11.4. The number of morpholine rings is 1. The van der Waals surface area contributed by atoms with Gasteiger partial charge in [0, 0.05) is 21.8 Å². The van der Waals surface area contributed by atoms with Crippen molar-refractivity contribution in [2.45, 2.75) is 57.3 Å². The van der Waals surface area contributed by atoms with E-state index in [0.29, 0.717) is 32.1 Å². The molecule has 0 atom stereocenters. The van der Waals surface area contributed by atoms with Gasteiger partial charge in [0.05, 0.1) is 37.0 Å². The number of phenols is 1. The number of rotatable bonds is 5. The zero-order chi connectivity index (χ0) is 22.8. The molecule has 31 heavy (non-hydrogen) atoms. The summed E-state index contributed by atoms with van der Waals surface area (Å²) in [7, 11) is 0. The van der Waals surface area contributed by atoms with Crippen LogP contribution in [-0.2, 0) is 20.4 Å². The summed E-state index contributed by atoms with van der Waals surface area (Å²) < 4.78 is 10.5. The fourth-order valence-electron chi connectivity index (χ4n) is 3.31. The number of benzene rings is 1. The average molecular weight is 449 g/mol. The Balaban J connectivity index is 1.68. The molecule has 170 valence electrons. The smallest absolute Gasteiger partial charge is 0.257 e. The van der Waals surface area contributed by atoms with Crippen LogP contribution in [0.2, 0.25) is 0 Å². The molecule has 1 aromatic heterocycles. The van der Waals surface area contributed by atoms with Gasteiger partial charge in [0.2, 0.25) is 5.27 Å². The summed E-state index contributed by atoms with van der Waals surface area (Å²) in [6, 6.07) is 3.92. The number of aromatic nitrogens is 2. The highest BCUT2D eigenvalue weighted by molar-refractivity contribution is 8.00. The Morgan fingerprint density at radius 2 is 1.74 bits per heavy atom. The summed E-state index contributed by atoms with van der Waals surface area (Å²) in [5.41, 5.74) is 1.30. The van der Waals surface area contributed by atoms with Crippen molar-refractivity contribution in [2.24, 2.45) is 0 Å². The predicted molar refractivity (Wildman–Crippen MR) is 120 cm³/mol. The maximum atomic E-state index is 12.4. The summed E-state index contributed by atoms with van der Waals surface area (Å²) in [5.74, 6) is 0.358. The van der Waals surface area contributed by atoms with Gasteiger partial charge in [-0.05, 0) is 23.0 Å². The Morgan fingerprint density at radius 1 is 1.16 bits per heavy atom. The number of ether oxygens (including phenoxy) is 1. The standard InChI is InChI=1S/C22H32N4O4S/c1-21(2,3)16-11-15(12-17(20(16)28)22(4,5)6)31-14-18(27)23-19-13-26(24-30-19)25-7-9-29-10-8-25/h11-13H,7-10,14H2,1-6H3,(H-,23,24,27,28). The van der Waals surface area contributed by atoms with Crippen molar-refractivity contribution < 1.29 is 24.0 Å². The summed E-state index contributed by atoms with van der Waals surface area (Å²) in [6.07, 6.45) is 1.60. The van der Waals surface area contributed by atoms with E-state index >= 15 is 0 Å². The number of nitrogens with zero attached hydrogens (tertiary/aromatic N) is 4. The second kappa shape index (κ2) is 9.08. The first kappa shape index (κ1) is 23.4. The molecule has 8 nitrogen and oxygen atoms in total. The van der Waals surface area contributed by atoms with Gasteiger partial charge in [-0.3, -0.25) is 0 Å². The van der Waals surface area contributed by atoms with Crippen molar-refractivity contribution in [1.82, 2.24) is 5.27 Å². The first-order chi connectivity index (χ1) is 14.4. The molecule has 0 spiro atoms. The fourth-order valence-corrected chi connectivity index (χ4v) is 4.06. The second-order valence-corrected chi connectivity index (χ2v) is 10.7. The lowest BCUT2D eigenvalue weighted by atomic mass is 9.79. The molecule has 1 fully saturated rings. The van der Waals surface area contributed by atoms with E-state index in [9.17, 15) is 9.90 Å². The first-order valence-electron chi connectivity index (χ1n) is 10.4. The van der Waals surface area contributed by atoms with Crippen LogP contribution in [0.25, 0.3) is 5.32 Å². The molecular formula is C22H32N4O4S. The molecule has 0 radical (unpaired) electrons. The number of amides is 1. The van der Waals surface area contributed by atoms with Crippen molar-refractivity contribution in [3.63, 3.8) is 0 Å². The van der Waals surface area contributed by atoms with Gasteiger partial charge in [-0.15, -0.1) is 16.8 Å². The molecule has 1 aliphatic rings. The van der Waals surface area contributed by atoms with E-state index in [0.717, 1.165) is 16.0 Å². The van der Waals surface area contributed by atoms with E-state index in [-0.39, 0.29) is 28.4 Å². The number of carbonyl (C=O) groups excluding carboxylic acids is 1. The third-order valence-corrected chi connectivity index (χ3v) is 5.98. The van der Waals surface area contributed by atoms with Crippen molar-refractivity contribution in [3.8, 4) is 5.75 Å². The number of phenolic OH excluding ortho intramolecular Hbond substituents is 1. The van der Waals surface area contributed by atoms with Crippen molar-refractivity contribution >= 4 is 23.6 Å². The molecular weight excluding hydrogens is 416 g/mol. The minimum atomic E-state index is -0.307. The van der Waals surface area contributed by atoms with Crippen LogP contribution >= 0.6 is 11.8 Å². The highest BCUT2D eigenvalue weighted by Crippen LogP contribution is 2.41. The van der Waals surface area contributed by atoms with E-state index in [1.54, 1.807) is 11.0 Å². The minimum absolute atomic E-state index is 0.163. The molecule has 0 bridgehead atoms. The highest BCUT2D eigenvalue weighted by Gasteiger charge is 2.26. The van der Waals surface area contributed by atoms with Gasteiger partial charge in [-0.1, -0.05) is 41.5 Å². The molecule has 2 aromatic rings. The zero-order valence-corrected chi connectivity index (χ0v) is 20.0. The maximum Gasteiger partial charge on any atom is 0.257 e. The third-order valence-electron chi connectivity index (χ3n) is 5.02. The lowest BCUT2D eigenvalue weighted by Gasteiger charge is -2.28. The minimum Gasteiger partial charge on any atom is -0.588 e. The van der Waals surface area contributed by atoms with Gasteiger partial charge in [-0.25, -0.2) is 0 Å². The molecule has 1 N–H and O–H groups in total. The Morgan fingerprint density at radius 3 is 2.29 bits per heavy atom. The average Bonchev–Trinajstić information content (AvgIpc) is 3.14. The lowest BCUT2D eigenvalue weighted by molar-refractivity contribution is -0.759. The van der Waals surface area contributed by atoms with Crippen LogP contribution in [0.1, 0.15) is 52.7 Å². The van der Waals surface area contributed by atoms with Crippen molar-refractivity contribution in [3.05, 3.63) is 34.8 Å². The predicted octanol–water partition coefficient (Wildman–Crippen LogP) is 3.56. The van der Waals surface area contributed by atoms with Crippen LogP contribution in [0.5, 0.6) is 5.75 Å². The molecule has 1 aliphatic heterocycles. The van der Waals surface area contributed by atoms with Gasteiger partial charge in [0.15, 0.2) is 0 Å². The Labute approximate surface area is 187 Å². The summed E-state index contributed by atoms with van der Waals surface area (Å²) >= 11 is 1.40. The Hall–Kier alpha value is -2.26. The van der Waals surface area contributed by atoms with Gasteiger partial charge in [-0.2, -0.15) is 0 Å². The molecule has 9 heteroatoms. The van der Waals surface area contributed by atoms with E-state index < -0.39 is 0 Å². The third kappa shape index (κ3) is 5.92. The van der Waals surface area contributed by atoms with Crippen molar-refractivity contribution in [1.29, 1.82) is 0 Å². The molecule has 0 unspecified atom stereocenters. The van der Waals surface area contributed by atoms with Crippen LogP contribution in [-0.4, -0.2) is 48.3 Å². The normalized spacial score (nSPS) is 15.2. The summed E-state index contributed by atoms with van der Waals surface area (Å²) in [4.78, 5) is 14.9. The molecule has 2 heterocycles. The summed E-state index contributed by atoms with van der Waals surface area (Å²) in [5, 5.41) is 20.8. The van der Waals surface area contributed by atoms with E-state index in [2.05, 4.69) is 52.1 Å². The second-order valence-electron chi connectivity index (χ2n) is 9.69. The molecule has 1 amide bonds. The van der Waals surface area contributed by atoms with Crippen LogP contribution in [0, 0.1) is 0 Å². The number of thioether (sulfide) groups is 1. The van der Waals surface area contributed by atoms with Gasteiger partial charge >= 0.3 is 0 Å².